The van der Waals surface area contributed by atoms with Crippen molar-refractivity contribution < 1.29 is 24.2 Å². The number of aliphatic hydroxyl groups excluding tert-OH is 1. The lowest BCUT2D eigenvalue weighted by atomic mass is 9.95. The van der Waals surface area contributed by atoms with Gasteiger partial charge in [-0.2, -0.15) is 0 Å². The van der Waals surface area contributed by atoms with Gasteiger partial charge in [0, 0.05) is 18.2 Å². The van der Waals surface area contributed by atoms with E-state index in [1.165, 1.54) is 30.0 Å². The molecule has 1 aliphatic heterocycles. The van der Waals surface area contributed by atoms with Crippen LogP contribution in [0.2, 0.25) is 10.0 Å². The zero-order chi connectivity index (χ0) is 25.4. The van der Waals surface area contributed by atoms with Gasteiger partial charge in [-0.3, -0.25) is 19.3 Å². The van der Waals surface area contributed by atoms with E-state index in [1.807, 2.05) is 26.0 Å². The van der Waals surface area contributed by atoms with Gasteiger partial charge in [0.15, 0.2) is 0 Å². The molecule has 35 heavy (non-hydrogen) atoms. The monoisotopic (exact) mass is 509 g/mol. The first kappa shape index (κ1) is 24.5. The quantitative estimate of drug-likeness (QED) is 0.149. The van der Waals surface area contributed by atoms with Gasteiger partial charge in [-0.1, -0.05) is 41.4 Å². The number of carbonyl (C=O) groups excluding carboxylic acids is 3. The Hall–Kier alpha value is -3.61. The SMILES string of the molecule is CC(=O)Oc1ccc(C2/C(=C(\O)c3ccc(Cl)c(Cl)c3)C(=O)C(=O)N2c2ccc(C)c(C)c2)cc1. The minimum absolute atomic E-state index is 0.0909. The second-order valence-electron chi connectivity index (χ2n) is 8.23. The molecule has 178 valence electrons. The zero-order valence-corrected chi connectivity index (χ0v) is 20.6. The minimum atomic E-state index is -0.932. The van der Waals surface area contributed by atoms with E-state index in [0.717, 1.165) is 11.1 Å². The summed E-state index contributed by atoms with van der Waals surface area (Å²) in [5.41, 5.74) is 3.18. The molecule has 1 fully saturated rings. The van der Waals surface area contributed by atoms with Crippen LogP contribution >= 0.6 is 23.2 Å². The molecule has 1 N–H and O–H groups in total. The van der Waals surface area contributed by atoms with Crippen molar-refractivity contribution in [2.45, 2.75) is 26.8 Å². The van der Waals surface area contributed by atoms with Crippen LogP contribution in [-0.4, -0.2) is 22.8 Å². The van der Waals surface area contributed by atoms with Crippen LogP contribution in [0.4, 0.5) is 5.69 Å². The number of aliphatic hydroxyl groups is 1. The van der Waals surface area contributed by atoms with Crippen molar-refractivity contribution in [3.05, 3.63) is 98.5 Å². The lowest BCUT2D eigenvalue weighted by Gasteiger charge is -2.26. The van der Waals surface area contributed by atoms with Gasteiger partial charge < -0.3 is 9.84 Å². The van der Waals surface area contributed by atoms with Crippen molar-refractivity contribution >= 4 is 52.3 Å². The van der Waals surface area contributed by atoms with Gasteiger partial charge >= 0.3 is 5.97 Å². The summed E-state index contributed by atoms with van der Waals surface area (Å²) in [5, 5.41) is 11.7. The van der Waals surface area contributed by atoms with Gasteiger partial charge in [0.05, 0.1) is 21.7 Å². The van der Waals surface area contributed by atoms with Crippen LogP contribution in [0.1, 0.15) is 35.2 Å². The first-order valence-electron chi connectivity index (χ1n) is 10.7. The molecule has 8 heteroatoms. The highest BCUT2D eigenvalue weighted by Gasteiger charge is 2.47. The largest absolute Gasteiger partial charge is 0.507 e. The average Bonchev–Trinajstić information content (AvgIpc) is 3.07. The van der Waals surface area contributed by atoms with E-state index in [9.17, 15) is 19.5 Å². The molecule has 0 aliphatic carbocycles. The molecule has 0 radical (unpaired) electrons. The van der Waals surface area contributed by atoms with Crippen LogP contribution in [0.3, 0.4) is 0 Å². The molecule has 3 aromatic rings. The number of hydrogen-bond donors (Lipinski definition) is 1. The number of hydrogen-bond acceptors (Lipinski definition) is 5. The van der Waals surface area contributed by atoms with E-state index in [1.54, 1.807) is 30.3 Å². The number of ether oxygens (including phenoxy) is 1. The Labute approximate surface area is 212 Å². The maximum atomic E-state index is 13.3. The highest BCUT2D eigenvalue weighted by Crippen LogP contribution is 2.43. The molecular weight excluding hydrogens is 489 g/mol. The van der Waals surface area contributed by atoms with Gasteiger partial charge in [-0.25, -0.2) is 0 Å². The summed E-state index contributed by atoms with van der Waals surface area (Å²) >= 11 is 12.1. The Morgan fingerprint density at radius 3 is 2.20 bits per heavy atom. The third kappa shape index (κ3) is 4.67. The van der Waals surface area contributed by atoms with Crippen LogP contribution in [-0.2, 0) is 14.4 Å². The molecule has 4 rings (SSSR count). The molecule has 3 aromatic carbocycles. The minimum Gasteiger partial charge on any atom is -0.507 e. The molecular formula is C27H21Cl2NO5. The molecule has 1 unspecified atom stereocenters. The van der Waals surface area contributed by atoms with Crippen LogP contribution in [0.15, 0.2) is 66.2 Å². The van der Waals surface area contributed by atoms with E-state index < -0.39 is 23.7 Å². The molecule has 0 saturated carbocycles. The number of anilines is 1. The molecule has 0 aromatic heterocycles. The Morgan fingerprint density at radius 2 is 1.60 bits per heavy atom. The third-order valence-electron chi connectivity index (χ3n) is 5.86. The van der Waals surface area contributed by atoms with Crippen molar-refractivity contribution in [3.63, 3.8) is 0 Å². The number of ketones is 1. The van der Waals surface area contributed by atoms with Gasteiger partial charge in [0.1, 0.15) is 11.5 Å². The van der Waals surface area contributed by atoms with E-state index in [4.69, 9.17) is 27.9 Å². The summed E-state index contributed by atoms with van der Waals surface area (Å²) < 4.78 is 5.11. The summed E-state index contributed by atoms with van der Waals surface area (Å²) in [6.45, 7) is 5.15. The van der Waals surface area contributed by atoms with Gasteiger partial charge in [-0.15, -0.1) is 0 Å². The van der Waals surface area contributed by atoms with Gasteiger partial charge in [0.25, 0.3) is 11.7 Å². The fourth-order valence-corrected chi connectivity index (χ4v) is 4.27. The number of rotatable bonds is 4. The van der Waals surface area contributed by atoms with Crippen LogP contribution in [0.25, 0.3) is 5.76 Å². The Kier molecular flexibility index (Phi) is 6.70. The highest BCUT2D eigenvalue weighted by molar-refractivity contribution is 6.51. The van der Waals surface area contributed by atoms with Crippen molar-refractivity contribution in [1.29, 1.82) is 0 Å². The second-order valence-corrected chi connectivity index (χ2v) is 9.04. The first-order chi connectivity index (χ1) is 16.6. The smallest absolute Gasteiger partial charge is 0.308 e. The predicted molar refractivity (Wildman–Crippen MR) is 135 cm³/mol. The summed E-state index contributed by atoms with van der Waals surface area (Å²) in [4.78, 5) is 39.2. The summed E-state index contributed by atoms with van der Waals surface area (Å²) in [7, 11) is 0. The highest BCUT2D eigenvalue weighted by atomic mass is 35.5. The van der Waals surface area contributed by atoms with Crippen molar-refractivity contribution in [3.8, 4) is 5.75 Å². The van der Waals surface area contributed by atoms with Crippen molar-refractivity contribution in [1.82, 2.24) is 0 Å². The van der Waals surface area contributed by atoms with E-state index in [-0.39, 0.29) is 26.9 Å². The molecule has 1 heterocycles. The van der Waals surface area contributed by atoms with Gasteiger partial charge in [-0.05, 0) is 73.0 Å². The van der Waals surface area contributed by atoms with Crippen molar-refractivity contribution in [2.75, 3.05) is 4.90 Å². The fraction of sp³-hybridized carbons (Fsp3) is 0.148. The Morgan fingerprint density at radius 1 is 0.914 bits per heavy atom. The Bertz CT molecular complexity index is 1400. The fourth-order valence-electron chi connectivity index (χ4n) is 3.97. The maximum absolute atomic E-state index is 13.3. The number of carbonyl (C=O) groups is 3. The lowest BCUT2D eigenvalue weighted by molar-refractivity contribution is -0.132. The number of amides is 1. The lowest BCUT2D eigenvalue weighted by Crippen LogP contribution is -2.29. The topological polar surface area (TPSA) is 83.9 Å². The molecule has 6 nitrogen and oxygen atoms in total. The predicted octanol–water partition coefficient (Wildman–Crippen LogP) is 6.16. The molecule has 1 atom stereocenters. The number of esters is 1. The normalized spacial score (nSPS) is 17.1. The van der Waals surface area contributed by atoms with Crippen LogP contribution in [0, 0.1) is 13.8 Å². The molecule has 0 spiro atoms. The summed E-state index contributed by atoms with van der Waals surface area (Å²) in [6, 6.07) is 15.4. The van der Waals surface area contributed by atoms with E-state index >= 15 is 0 Å². The third-order valence-corrected chi connectivity index (χ3v) is 6.60. The Balaban J connectivity index is 1.92. The zero-order valence-electron chi connectivity index (χ0n) is 19.1. The number of benzene rings is 3. The van der Waals surface area contributed by atoms with E-state index in [0.29, 0.717) is 17.0 Å². The van der Waals surface area contributed by atoms with Crippen LogP contribution < -0.4 is 9.64 Å². The standard InChI is InChI=1S/C27H21Cl2NO5/c1-14-4-8-19(12-15(14)2)30-24(17-5-9-20(10-6-17)35-16(3)31)23(26(33)27(30)34)25(32)18-7-11-21(28)22(29)13-18/h4-13,24,32H,1-3H3/b25-23+. The first-order valence-corrected chi connectivity index (χ1v) is 11.5. The maximum Gasteiger partial charge on any atom is 0.308 e. The van der Waals surface area contributed by atoms with E-state index in [2.05, 4.69) is 0 Å². The average molecular weight is 510 g/mol. The van der Waals surface area contributed by atoms with Crippen molar-refractivity contribution in [2.24, 2.45) is 0 Å². The molecule has 0 bridgehead atoms. The molecule has 1 aliphatic rings. The number of halogens is 2. The second kappa shape index (κ2) is 9.56. The molecule has 1 amide bonds. The number of Topliss-reactive ketones (excluding diaryl/α,β-unsaturated/α-hetero) is 1. The summed E-state index contributed by atoms with van der Waals surface area (Å²) in [6.07, 6.45) is 0. The molecule has 1 saturated heterocycles. The summed E-state index contributed by atoms with van der Waals surface area (Å²) in [5.74, 6) is -2.14. The number of aryl methyl sites for hydroxylation is 2. The number of nitrogens with zero attached hydrogens (tertiary/aromatic N) is 1. The van der Waals surface area contributed by atoms with Crippen LogP contribution in [0.5, 0.6) is 5.75 Å². The van der Waals surface area contributed by atoms with Gasteiger partial charge in [0.2, 0.25) is 0 Å².